The Kier molecular flexibility index (Phi) is 4.95. The molecule has 2 amide bonds. The highest BCUT2D eigenvalue weighted by Crippen LogP contribution is 2.31. The van der Waals surface area contributed by atoms with Gasteiger partial charge >= 0.3 is 0 Å². The number of halogens is 1. The molecule has 1 heterocycles. The topological polar surface area (TPSA) is 58.6 Å². The quantitative estimate of drug-likeness (QED) is 0.907. The first-order chi connectivity index (χ1) is 12.0. The van der Waals surface area contributed by atoms with E-state index in [-0.39, 0.29) is 18.2 Å². The molecule has 0 saturated carbocycles. The van der Waals surface area contributed by atoms with E-state index in [1.54, 1.807) is 42.3 Å². The van der Waals surface area contributed by atoms with Crippen molar-refractivity contribution in [3.63, 3.8) is 0 Å². The van der Waals surface area contributed by atoms with E-state index in [1.165, 1.54) is 0 Å². The number of hydrogen-bond donors (Lipinski definition) is 1. The average Bonchev–Trinajstić information content (AvgIpc) is 3.00. The highest BCUT2D eigenvalue weighted by molar-refractivity contribution is 6.31. The van der Waals surface area contributed by atoms with Crippen molar-refractivity contribution in [1.29, 1.82) is 0 Å². The summed E-state index contributed by atoms with van der Waals surface area (Å²) in [6.07, 6.45) is 0.188. The molecule has 0 aliphatic carbocycles. The molecule has 130 valence electrons. The number of amides is 2. The lowest BCUT2D eigenvalue weighted by Gasteiger charge is -2.19. The molecule has 1 atom stereocenters. The van der Waals surface area contributed by atoms with Crippen LogP contribution < -0.4 is 15.0 Å². The Bertz CT molecular complexity index is 805. The summed E-state index contributed by atoms with van der Waals surface area (Å²) in [5, 5.41) is 3.46. The number of methoxy groups -OCH3 is 1. The molecule has 1 fully saturated rings. The van der Waals surface area contributed by atoms with Gasteiger partial charge in [0.15, 0.2) is 0 Å². The molecule has 0 unspecified atom stereocenters. The summed E-state index contributed by atoms with van der Waals surface area (Å²) in [7, 11) is 1.59. The maximum absolute atomic E-state index is 12.5. The number of anilines is 2. The molecule has 6 heteroatoms. The van der Waals surface area contributed by atoms with E-state index in [0.717, 1.165) is 17.0 Å². The van der Waals surface area contributed by atoms with Crippen molar-refractivity contribution < 1.29 is 14.3 Å². The van der Waals surface area contributed by atoms with E-state index in [1.807, 2.05) is 19.1 Å². The van der Waals surface area contributed by atoms with E-state index in [0.29, 0.717) is 17.3 Å². The number of carbonyl (C=O) groups is 2. The Balaban J connectivity index is 1.71. The molecule has 1 aliphatic rings. The third-order valence-electron chi connectivity index (χ3n) is 4.38. The maximum Gasteiger partial charge on any atom is 0.229 e. The Morgan fingerprint density at radius 1 is 1.24 bits per heavy atom. The Morgan fingerprint density at radius 3 is 2.64 bits per heavy atom. The number of hydrogen-bond acceptors (Lipinski definition) is 3. The van der Waals surface area contributed by atoms with E-state index in [9.17, 15) is 9.59 Å². The molecule has 1 N–H and O–H groups in total. The second-order valence-corrected chi connectivity index (χ2v) is 6.41. The number of nitrogens with one attached hydrogen (secondary N) is 1. The van der Waals surface area contributed by atoms with Crippen LogP contribution in [0.25, 0.3) is 0 Å². The van der Waals surface area contributed by atoms with E-state index >= 15 is 0 Å². The normalized spacial score (nSPS) is 16.8. The summed E-state index contributed by atoms with van der Waals surface area (Å²) < 4.78 is 5.10. The predicted molar refractivity (Wildman–Crippen MR) is 98.3 cm³/mol. The summed E-state index contributed by atoms with van der Waals surface area (Å²) >= 11 is 6.14. The van der Waals surface area contributed by atoms with Gasteiger partial charge in [0.2, 0.25) is 11.8 Å². The predicted octanol–water partition coefficient (Wildman–Crippen LogP) is 3.65. The van der Waals surface area contributed by atoms with Gasteiger partial charge in [-0.3, -0.25) is 9.59 Å². The number of benzene rings is 2. The zero-order chi connectivity index (χ0) is 18.0. The van der Waals surface area contributed by atoms with Crippen molar-refractivity contribution in [1.82, 2.24) is 0 Å². The van der Waals surface area contributed by atoms with Gasteiger partial charge in [-0.05, 0) is 48.9 Å². The number of rotatable bonds is 4. The summed E-state index contributed by atoms with van der Waals surface area (Å²) in [5.41, 5.74) is 2.28. The first-order valence-corrected chi connectivity index (χ1v) is 8.38. The molecule has 0 aromatic heterocycles. The van der Waals surface area contributed by atoms with Crippen LogP contribution in [0.2, 0.25) is 5.02 Å². The van der Waals surface area contributed by atoms with Crippen LogP contribution in [-0.4, -0.2) is 25.5 Å². The van der Waals surface area contributed by atoms with Crippen LogP contribution in [0, 0.1) is 12.8 Å². The first kappa shape index (κ1) is 17.3. The monoisotopic (exact) mass is 358 g/mol. The molecule has 1 aliphatic heterocycles. The van der Waals surface area contributed by atoms with Crippen molar-refractivity contribution in [2.45, 2.75) is 13.3 Å². The minimum atomic E-state index is -0.395. The fourth-order valence-electron chi connectivity index (χ4n) is 2.92. The minimum Gasteiger partial charge on any atom is -0.497 e. The summed E-state index contributed by atoms with van der Waals surface area (Å²) in [5.74, 6) is 0.0885. The molecule has 5 nitrogen and oxygen atoms in total. The van der Waals surface area contributed by atoms with Gasteiger partial charge in [0, 0.05) is 29.4 Å². The first-order valence-electron chi connectivity index (χ1n) is 8.00. The molecule has 2 aromatic carbocycles. The number of ether oxygens (including phenoxy) is 1. The summed E-state index contributed by atoms with van der Waals surface area (Å²) in [6.45, 7) is 2.22. The zero-order valence-electron chi connectivity index (χ0n) is 14.1. The van der Waals surface area contributed by atoms with Gasteiger partial charge in [0.05, 0.1) is 13.0 Å². The average molecular weight is 359 g/mol. The Labute approximate surface area is 151 Å². The van der Waals surface area contributed by atoms with Gasteiger partial charge in [-0.1, -0.05) is 17.7 Å². The van der Waals surface area contributed by atoms with Crippen molar-refractivity contribution >= 4 is 34.8 Å². The second kappa shape index (κ2) is 7.15. The van der Waals surface area contributed by atoms with Gasteiger partial charge in [-0.25, -0.2) is 0 Å². The van der Waals surface area contributed by atoms with Gasteiger partial charge in [0.1, 0.15) is 5.75 Å². The fraction of sp³-hybridized carbons (Fsp3) is 0.263. The van der Waals surface area contributed by atoms with Crippen molar-refractivity contribution in [2.24, 2.45) is 5.92 Å². The summed E-state index contributed by atoms with van der Waals surface area (Å²) in [6, 6.07) is 12.5. The third kappa shape index (κ3) is 3.61. The van der Waals surface area contributed by atoms with Crippen LogP contribution in [-0.2, 0) is 9.59 Å². The second-order valence-electron chi connectivity index (χ2n) is 6.01. The molecule has 0 spiro atoms. The van der Waals surface area contributed by atoms with Crippen molar-refractivity contribution in [2.75, 3.05) is 23.9 Å². The van der Waals surface area contributed by atoms with Gasteiger partial charge in [-0.15, -0.1) is 0 Å². The van der Waals surface area contributed by atoms with Crippen LogP contribution >= 0.6 is 11.6 Å². The van der Waals surface area contributed by atoms with Crippen LogP contribution in [0.1, 0.15) is 12.0 Å². The molecule has 1 saturated heterocycles. The molecule has 0 radical (unpaired) electrons. The van der Waals surface area contributed by atoms with Crippen LogP contribution in [0.15, 0.2) is 42.5 Å². The van der Waals surface area contributed by atoms with Crippen LogP contribution in [0.5, 0.6) is 5.75 Å². The van der Waals surface area contributed by atoms with Gasteiger partial charge in [-0.2, -0.15) is 0 Å². The van der Waals surface area contributed by atoms with E-state index in [4.69, 9.17) is 16.3 Å². The third-order valence-corrected chi connectivity index (χ3v) is 4.79. The van der Waals surface area contributed by atoms with Gasteiger partial charge in [0.25, 0.3) is 0 Å². The summed E-state index contributed by atoms with van der Waals surface area (Å²) in [4.78, 5) is 26.5. The maximum atomic E-state index is 12.5. The smallest absolute Gasteiger partial charge is 0.229 e. The highest BCUT2D eigenvalue weighted by atomic mass is 35.5. The Hall–Kier alpha value is -2.53. The molecule has 2 aromatic rings. The SMILES string of the molecule is COc1ccc(NC(=O)[C@H]2CC(=O)N(c3cccc(Cl)c3C)C2)cc1. The molecule has 25 heavy (non-hydrogen) atoms. The molecule has 0 bridgehead atoms. The molecule has 3 rings (SSSR count). The van der Waals surface area contributed by atoms with Crippen molar-refractivity contribution in [3.05, 3.63) is 53.1 Å². The number of carbonyl (C=O) groups excluding carboxylic acids is 2. The Morgan fingerprint density at radius 2 is 1.96 bits per heavy atom. The highest BCUT2D eigenvalue weighted by Gasteiger charge is 2.35. The standard InChI is InChI=1S/C19H19ClN2O3/c1-12-16(20)4-3-5-17(12)22-11-13(10-18(22)23)19(24)21-14-6-8-15(25-2)9-7-14/h3-9,13H,10-11H2,1-2H3,(H,21,24)/t13-/m0/s1. The lowest BCUT2D eigenvalue weighted by Crippen LogP contribution is -2.28. The molecular weight excluding hydrogens is 340 g/mol. The van der Waals surface area contributed by atoms with Gasteiger partial charge < -0.3 is 15.0 Å². The van der Waals surface area contributed by atoms with Crippen LogP contribution in [0.4, 0.5) is 11.4 Å². The fourth-order valence-corrected chi connectivity index (χ4v) is 3.09. The van der Waals surface area contributed by atoms with Crippen molar-refractivity contribution in [3.8, 4) is 5.75 Å². The van der Waals surface area contributed by atoms with E-state index < -0.39 is 5.92 Å². The molecular formula is C19H19ClN2O3. The minimum absolute atomic E-state index is 0.0692. The number of nitrogens with zero attached hydrogens (tertiary/aromatic N) is 1. The largest absolute Gasteiger partial charge is 0.497 e. The van der Waals surface area contributed by atoms with E-state index in [2.05, 4.69) is 5.32 Å². The lowest BCUT2D eigenvalue weighted by molar-refractivity contribution is -0.122. The zero-order valence-corrected chi connectivity index (χ0v) is 14.8. The van der Waals surface area contributed by atoms with Crippen LogP contribution in [0.3, 0.4) is 0 Å². The lowest BCUT2D eigenvalue weighted by atomic mass is 10.1.